The summed E-state index contributed by atoms with van der Waals surface area (Å²) in [5.74, 6) is 0.295. The van der Waals surface area contributed by atoms with Crippen LogP contribution in [0.5, 0.6) is 0 Å². The monoisotopic (exact) mass is 220 g/mol. The smallest absolute Gasteiger partial charge is 0.223 e. The van der Waals surface area contributed by atoms with Gasteiger partial charge in [0.2, 0.25) is 5.91 Å². The summed E-state index contributed by atoms with van der Waals surface area (Å²) in [6.07, 6.45) is 5.02. The van der Waals surface area contributed by atoms with E-state index in [4.69, 9.17) is 0 Å². The minimum Gasteiger partial charge on any atom is -0.350 e. The van der Waals surface area contributed by atoms with Crippen LogP contribution in [0.1, 0.15) is 18.5 Å². The van der Waals surface area contributed by atoms with E-state index < -0.39 is 0 Å². The lowest BCUT2D eigenvalue weighted by atomic mass is 9.97. The first-order valence-electron chi connectivity index (χ1n) is 5.59. The van der Waals surface area contributed by atoms with Crippen molar-refractivity contribution in [2.24, 2.45) is 5.92 Å². The van der Waals surface area contributed by atoms with Crippen molar-refractivity contribution < 1.29 is 4.79 Å². The molecule has 1 aliphatic heterocycles. The van der Waals surface area contributed by atoms with Crippen LogP contribution in [-0.2, 0) is 11.3 Å². The zero-order chi connectivity index (χ0) is 11.2. The van der Waals surface area contributed by atoms with Gasteiger partial charge in [0.1, 0.15) is 6.33 Å². The van der Waals surface area contributed by atoms with E-state index in [2.05, 4.69) is 20.6 Å². The molecule has 1 amide bonds. The van der Waals surface area contributed by atoms with Crippen LogP contribution in [0.15, 0.2) is 18.6 Å². The van der Waals surface area contributed by atoms with Gasteiger partial charge in [-0.3, -0.25) is 4.79 Å². The second kappa shape index (κ2) is 5.55. The Bertz CT molecular complexity index is 335. The predicted molar refractivity (Wildman–Crippen MR) is 59.5 cm³/mol. The van der Waals surface area contributed by atoms with Crippen LogP contribution in [0.3, 0.4) is 0 Å². The number of nitrogens with one attached hydrogen (secondary N) is 2. The molecule has 0 atom stereocenters. The molecule has 0 radical (unpaired) electrons. The van der Waals surface area contributed by atoms with E-state index in [1.165, 1.54) is 6.33 Å². The molecular formula is C11H16N4O. The molecule has 0 unspecified atom stereocenters. The highest BCUT2D eigenvalue weighted by atomic mass is 16.1. The number of amides is 1. The molecule has 1 fully saturated rings. The van der Waals surface area contributed by atoms with Gasteiger partial charge in [-0.15, -0.1) is 0 Å². The summed E-state index contributed by atoms with van der Waals surface area (Å²) >= 11 is 0. The van der Waals surface area contributed by atoms with Crippen LogP contribution in [0, 0.1) is 5.92 Å². The fourth-order valence-electron chi connectivity index (χ4n) is 1.83. The van der Waals surface area contributed by atoms with Crippen molar-refractivity contribution >= 4 is 5.91 Å². The van der Waals surface area contributed by atoms with E-state index in [-0.39, 0.29) is 11.8 Å². The van der Waals surface area contributed by atoms with Gasteiger partial charge in [-0.25, -0.2) is 9.97 Å². The number of hydrogen-bond donors (Lipinski definition) is 2. The molecule has 2 N–H and O–H groups in total. The Morgan fingerprint density at radius 2 is 2.31 bits per heavy atom. The van der Waals surface area contributed by atoms with E-state index in [0.29, 0.717) is 6.54 Å². The first kappa shape index (κ1) is 11.0. The standard InChI is InChI=1S/C11H16N4O/c16-11(9-1-4-12-5-2-9)14-7-10-3-6-13-8-15-10/h3,6,8-9,12H,1-2,4-5,7H2,(H,14,16). The topological polar surface area (TPSA) is 66.9 Å². The zero-order valence-corrected chi connectivity index (χ0v) is 9.15. The van der Waals surface area contributed by atoms with Gasteiger partial charge < -0.3 is 10.6 Å². The molecule has 2 rings (SSSR count). The molecule has 1 saturated heterocycles. The molecular weight excluding hydrogens is 204 g/mol. The van der Waals surface area contributed by atoms with Crippen molar-refractivity contribution in [3.63, 3.8) is 0 Å². The van der Waals surface area contributed by atoms with Gasteiger partial charge in [0, 0.05) is 12.1 Å². The maximum Gasteiger partial charge on any atom is 0.223 e. The third-order valence-corrected chi connectivity index (χ3v) is 2.80. The summed E-state index contributed by atoms with van der Waals surface area (Å²) < 4.78 is 0. The van der Waals surface area contributed by atoms with Crippen molar-refractivity contribution in [3.8, 4) is 0 Å². The average Bonchev–Trinajstić information content (AvgIpc) is 2.38. The number of carbonyl (C=O) groups excluding carboxylic acids is 1. The fraction of sp³-hybridized carbons (Fsp3) is 0.545. The zero-order valence-electron chi connectivity index (χ0n) is 9.15. The van der Waals surface area contributed by atoms with E-state index in [9.17, 15) is 4.79 Å². The van der Waals surface area contributed by atoms with E-state index in [0.717, 1.165) is 31.6 Å². The van der Waals surface area contributed by atoms with Crippen LogP contribution in [-0.4, -0.2) is 29.0 Å². The number of nitrogens with zero attached hydrogens (tertiary/aromatic N) is 2. The Morgan fingerprint density at radius 3 is 3.00 bits per heavy atom. The maximum absolute atomic E-state index is 11.8. The molecule has 5 heteroatoms. The molecule has 1 aliphatic rings. The second-order valence-electron chi connectivity index (χ2n) is 3.94. The largest absolute Gasteiger partial charge is 0.350 e. The van der Waals surface area contributed by atoms with Crippen molar-refractivity contribution in [1.29, 1.82) is 0 Å². The Kier molecular flexibility index (Phi) is 3.82. The number of aromatic nitrogens is 2. The van der Waals surface area contributed by atoms with Crippen LogP contribution >= 0.6 is 0 Å². The quantitative estimate of drug-likeness (QED) is 0.757. The van der Waals surface area contributed by atoms with Gasteiger partial charge in [0.25, 0.3) is 0 Å². The Balaban J connectivity index is 1.79. The molecule has 1 aromatic heterocycles. The van der Waals surface area contributed by atoms with E-state index >= 15 is 0 Å². The molecule has 2 heterocycles. The summed E-state index contributed by atoms with van der Waals surface area (Å²) in [7, 11) is 0. The van der Waals surface area contributed by atoms with Crippen LogP contribution in [0.25, 0.3) is 0 Å². The first-order valence-corrected chi connectivity index (χ1v) is 5.59. The average molecular weight is 220 g/mol. The lowest BCUT2D eigenvalue weighted by molar-refractivity contribution is -0.125. The van der Waals surface area contributed by atoms with Gasteiger partial charge in [-0.05, 0) is 32.0 Å². The summed E-state index contributed by atoms with van der Waals surface area (Å²) in [5.41, 5.74) is 0.845. The summed E-state index contributed by atoms with van der Waals surface area (Å²) in [6, 6.07) is 1.81. The Hall–Kier alpha value is -1.49. The number of carbonyl (C=O) groups is 1. The maximum atomic E-state index is 11.8. The normalized spacial score (nSPS) is 17.0. The SMILES string of the molecule is O=C(NCc1ccncn1)C1CCNCC1. The van der Waals surface area contributed by atoms with Gasteiger partial charge in [0.05, 0.1) is 12.2 Å². The number of rotatable bonds is 3. The fourth-order valence-corrected chi connectivity index (χ4v) is 1.83. The molecule has 0 aliphatic carbocycles. The van der Waals surface area contributed by atoms with Crippen molar-refractivity contribution in [1.82, 2.24) is 20.6 Å². The van der Waals surface area contributed by atoms with Crippen LogP contribution in [0.2, 0.25) is 0 Å². The Morgan fingerprint density at radius 1 is 1.50 bits per heavy atom. The molecule has 0 aromatic carbocycles. The lowest BCUT2D eigenvalue weighted by Crippen LogP contribution is -2.37. The number of hydrogen-bond acceptors (Lipinski definition) is 4. The summed E-state index contributed by atoms with van der Waals surface area (Å²) in [5, 5.41) is 6.15. The molecule has 16 heavy (non-hydrogen) atoms. The van der Waals surface area contributed by atoms with Gasteiger partial charge >= 0.3 is 0 Å². The molecule has 5 nitrogen and oxygen atoms in total. The van der Waals surface area contributed by atoms with Gasteiger partial charge in [-0.1, -0.05) is 0 Å². The molecule has 0 spiro atoms. The van der Waals surface area contributed by atoms with Crippen LogP contribution in [0.4, 0.5) is 0 Å². The minimum atomic E-state index is 0.139. The van der Waals surface area contributed by atoms with Crippen molar-refractivity contribution in [2.75, 3.05) is 13.1 Å². The molecule has 1 aromatic rings. The van der Waals surface area contributed by atoms with Gasteiger partial charge in [-0.2, -0.15) is 0 Å². The lowest BCUT2D eigenvalue weighted by Gasteiger charge is -2.21. The second-order valence-corrected chi connectivity index (χ2v) is 3.94. The number of piperidine rings is 1. The van der Waals surface area contributed by atoms with Crippen molar-refractivity contribution in [3.05, 3.63) is 24.3 Å². The van der Waals surface area contributed by atoms with Crippen LogP contribution < -0.4 is 10.6 Å². The van der Waals surface area contributed by atoms with Gasteiger partial charge in [0.15, 0.2) is 0 Å². The minimum absolute atomic E-state index is 0.139. The van der Waals surface area contributed by atoms with Crippen molar-refractivity contribution in [2.45, 2.75) is 19.4 Å². The first-order chi connectivity index (χ1) is 7.86. The Labute approximate surface area is 94.7 Å². The third kappa shape index (κ3) is 3.00. The molecule has 0 bridgehead atoms. The summed E-state index contributed by atoms with van der Waals surface area (Å²) in [6.45, 7) is 2.36. The summed E-state index contributed by atoms with van der Waals surface area (Å²) in [4.78, 5) is 19.7. The highest BCUT2D eigenvalue weighted by Crippen LogP contribution is 2.11. The predicted octanol–water partition coefficient (Wildman–Crippen LogP) is 0.0924. The highest BCUT2D eigenvalue weighted by Gasteiger charge is 2.20. The van der Waals surface area contributed by atoms with E-state index in [1.807, 2.05) is 6.07 Å². The highest BCUT2D eigenvalue weighted by molar-refractivity contribution is 5.78. The van der Waals surface area contributed by atoms with E-state index in [1.54, 1.807) is 6.20 Å². The molecule has 0 saturated carbocycles. The molecule has 86 valence electrons. The third-order valence-electron chi connectivity index (χ3n) is 2.80.